The summed E-state index contributed by atoms with van der Waals surface area (Å²) in [6, 6.07) is 9.62. The van der Waals surface area contributed by atoms with Crippen molar-refractivity contribution in [3.05, 3.63) is 53.5 Å². The summed E-state index contributed by atoms with van der Waals surface area (Å²) in [4.78, 5) is 25.8. The predicted molar refractivity (Wildman–Crippen MR) is 98.3 cm³/mol. The van der Waals surface area contributed by atoms with Crippen molar-refractivity contribution in [2.75, 3.05) is 11.9 Å². The van der Waals surface area contributed by atoms with Crippen molar-refractivity contribution < 1.29 is 14.0 Å². The lowest BCUT2D eigenvalue weighted by atomic mass is 9.98. The number of rotatable bonds is 7. The van der Waals surface area contributed by atoms with Crippen LogP contribution in [0.1, 0.15) is 50.0 Å². The molecule has 0 atom stereocenters. The maximum atomic E-state index is 12.4. The third-order valence-electron chi connectivity index (χ3n) is 4.17. The summed E-state index contributed by atoms with van der Waals surface area (Å²) in [6.07, 6.45) is 1.82. The van der Waals surface area contributed by atoms with Gasteiger partial charge in [-0.05, 0) is 36.1 Å². The highest BCUT2D eigenvalue weighted by Gasteiger charge is 2.15. The molecule has 0 fully saturated rings. The summed E-state index contributed by atoms with van der Waals surface area (Å²) in [5, 5.41) is 3.01. The van der Waals surface area contributed by atoms with Gasteiger partial charge in [0, 0.05) is 25.6 Å². The first-order valence-electron chi connectivity index (χ1n) is 8.55. The minimum Gasteiger partial charge on any atom is -0.467 e. The normalized spacial score (nSPS) is 10.8. The monoisotopic (exact) mass is 342 g/mol. The number of carbonyl (C=O) groups excluding carboxylic acids is 2. The van der Waals surface area contributed by atoms with Gasteiger partial charge in [-0.3, -0.25) is 9.59 Å². The molecule has 1 N–H and O–H groups in total. The molecule has 25 heavy (non-hydrogen) atoms. The molecule has 0 aliphatic heterocycles. The van der Waals surface area contributed by atoms with E-state index in [1.807, 2.05) is 31.2 Å². The van der Waals surface area contributed by atoms with Crippen LogP contribution in [-0.2, 0) is 16.1 Å². The number of para-hydroxylation sites is 1. The SMILES string of the molecule is CC(=O)N(CCC(=O)Nc1c(C)cccc1C(C)C)Cc1ccco1. The van der Waals surface area contributed by atoms with Gasteiger partial charge in [0.15, 0.2) is 0 Å². The number of carbonyl (C=O) groups is 2. The number of hydrogen-bond acceptors (Lipinski definition) is 3. The summed E-state index contributed by atoms with van der Waals surface area (Å²) >= 11 is 0. The largest absolute Gasteiger partial charge is 0.467 e. The zero-order valence-corrected chi connectivity index (χ0v) is 15.3. The molecule has 0 aliphatic carbocycles. The molecule has 2 amide bonds. The molecule has 2 aromatic rings. The van der Waals surface area contributed by atoms with Gasteiger partial charge in [-0.1, -0.05) is 32.0 Å². The minimum atomic E-state index is -0.0955. The summed E-state index contributed by atoms with van der Waals surface area (Å²) < 4.78 is 5.28. The van der Waals surface area contributed by atoms with Crippen LogP contribution in [0.5, 0.6) is 0 Å². The molecule has 1 aromatic carbocycles. The second-order valence-electron chi connectivity index (χ2n) is 6.51. The van der Waals surface area contributed by atoms with Crippen molar-refractivity contribution in [3.63, 3.8) is 0 Å². The Morgan fingerprint density at radius 3 is 2.56 bits per heavy atom. The summed E-state index contributed by atoms with van der Waals surface area (Å²) in [7, 11) is 0. The number of nitrogens with zero attached hydrogens (tertiary/aromatic N) is 1. The summed E-state index contributed by atoms with van der Waals surface area (Å²) in [5.74, 6) is 0.851. The van der Waals surface area contributed by atoms with E-state index in [0.717, 1.165) is 16.8 Å². The molecule has 0 saturated carbocycles. The molecule has 134 valence electrons. The molecule has 1 aromatic heterocycles. The Bertz CT molecular complexity index is 721. The topological polar surface area (TPSA) is 62.6 Å². The van der Waals surface area contributed by atoms with Gasteiger partial charge in [0.1, 0.15) is 5.76 Å². The average molecular weight is 342 g/mol. The Hall–Kier alpha value is -2.56. The lowest BCUT2D eigenvalue weighted by Crippen LogP contribution is -2.31. The number of aryl methyl sites for hydroxylation is 1. The Morgan fingerprint density at radius 2 is 1.96 bits per heavy atom. The van der Waals surface area contributed by atoms with Crippen LogP contribution in [-0.4, -0.2) is 23.3 Å². The van der Waals surface area contributed by atoms with Gasteiger partial charge in [0.05, 0.1) is 12.8 Å². The van der Waals surface area contributed by atoms with Crippen molar-refractivity contribution in [3.8, 4) is 0 Å². The van der Waals surface area contributed by atoms with Crippen LogP contribution in [0.2, 0.25) is 0 Å². The summed E-state index contributed by atoms with van der Waals surface area (Å²) in [5.41, 5.74) is 3.04. The minimum absolute atomic E-state index is 0.0806. The number of furan rings is 1. The van der Waals surface area contributed by atoms with Crippen LogP contribution in [0.3, 0.4) is 0 Å². The second kappa shape index (κ2) is 8.51. The van der Waals surface area contributed by atoms with Crippen molar-refractivity contribution >= 4 is 17.5 Å². The van der Waals surface area contributed by atoms with Gasteiger partial charge in [0.25, 0.3) is 0 Å². The molecule has 0 aliphatic rings. The van der Waals surface area contributed by atoms with Crippen LogP contribution in [0.4, 0.5) is 5.69 Å². The number of nitrogens with one attached hydrogen (secondary N) is 1. The zero-order valence-electron chi connectivity index (χ0n) is 15.3. The maximum absolute atomic E-state index is 12.4. The first kappa shape index (κ1) is 18.8. The van der Waals surface area contributed by atoms with Gasteiger partial charge < -0.3 is 14.6 Å². The second-order valence-corrected chi connectivity index (χ2v) is 6.51. The smallest absolute Gasteiger partial charge is 0.226 e. The molecule has 0 radical (unpaired) electrons. The Kier molecular flexibility index (Phi) is 6.39. The number of benzene rings is 1. The predicted octanol–water partition coefficient (Wildman–Crippen LogP) is 4.09. The summed E-state index contributed by atoms with van der Waals surface area (Å²) in [6.45, 7) is 8.41. The van der Waals surface area contributed by atoms with Gasteiger partial charge in [0.2, 0.25) is 11.8 Å². The molecular formula is C20H26N2O3. The first-order valence-corrected chi connectivity index (χ1v) is 8.55. The van der Waals surface area contributed by atoms with E-state index < -0.39 is 0 Å². The maximum Gasteiger partial charge on any atom is 0.226 e. The molecule has 0 unspecified atom stereocenters. The lowest BCUT2D eigenvalue weighted by Gasteiger charge is -2.20. The molecule has 0 bridgehead atoms. The Labute approximate surface area is 149 Å². The highest BCUT2D eigenvalue weighted by atomic mass is 16.3. The quantitative estimate of drug-likeness (QED) is 0.824. The van der Waals surface area contributed by atoms with Crippen molar-refractivity contribution in [2.45, 2.75) is 46.6 Å². The standard InChI is InChI=1S/C20H26N2O3/c1-14(2)18-9-5-7-15(3)20(18)21-19(24)10-11-22(16(4)23)13-17-8-6-12-25-17/h5-9,12,14H,10-11,13H2,1-4H3,(H,21,24). The van der Waals surface area contributed by atoms with E-state index in [9.17, 15) is 9.59 Å². The molecule has 2 rings (SSSR count). The molecular weight excluding hydrogens is 316 g/mol. The molecule has 5 nitrogen and oxygen atoms in total. The van der Waals surface area contributed by atoms with Crippen molar-refractivity contribution in [2.24, 2.45) is 0 Å². The lowest BCUT2D eigenvalue weighted by molar-refractivity contribution is -0.130. The van der Waals surface area contributed by atoms with E-state index in [0.29, 0.717) is 24.8 Å². The Balaban J connectivity index is 1.99. The van der Waals surface area contributed by atoms with E-state index in [1.165, 1.54) is 6.92 Å². The van der Waals surface area contributed by atoms with E-state index in [1.54, 1.807) is 17.2 Å². The van der Waals surface area contributed by atoms with Crippen LogP contribution in [0.15, 0.2) is 41.0 Å². The van der Waals surface area contributed by atoms with Gasteiger partial charge in [-0.15, -0.1) is 0 Å². The number of anilines is 1. The number of amides is 2. The van der Waals surface area contributed by atoms with Gasteiger partial charge >= 0.3 is 0 Å². The number of hydrogen-bond donors (Lipinski definition) is 1. The van der Waals surface area contributed by atoms with Crippen LogP contribution >= 0.6 is 0 Å². The molecule has 1 heterocycles. The van der Waals surface area contributed by atoms with Crippen LogP contribution < -0.4 is 5.32 Å². The molecule has 0 saturated heterocycles. The van der Waals surface area contributed by atoms with Gasteiger partial charge in [-0.2, -0.15) is 0 Å². The molecule has 5 heteroatoms. The fourth-order valence-electron chi connectivity index (χ4n) is 2.72. The van der Waals surface area contributed by atoms with E-state index in [4.69, 9.17) is 4.42 Å². The zero-order chi connectivity index (χ0) is 18.4. The van der Waals surface area contributed by atoms with Crippen LogP contribution in [0, 0.1) is 6.92 Å². The van der Waals surface area contributed by atoms with Crippen molar-refractivity contribution in [1.29, 1.82) is 0 Å². The highest BCUT2D eigenvalue weighted by molar-refractivity contribution is 5.92. The van der Waals surface area contributed by atoms with E-state index >= 15 is 0 Å². The van der Waals surface area contributed by atoms with E-state index in [-0.39, 0.29) is 18.2 Å². The van der Waals surface area contributed by atoms with Crippen LogP contribution in [0.25, 0.3) is 0 Å². The highest BCUT2D eigenvalue weighted by Crippen LogP contribution is 2.27. The van der Waals surface area contributed by atoms with Gasteiger partial charge in [-0.25, -0.2) is 0 Å². The fraction of sp³-hybridized carbons (Fsp3) is 0.400. The first-order chi connectivity index (χ1) is 11.9. The third-order valence-corrected chi connectivity index (χ3v) is 4.17. The van der Waals surface area contributed by atoms with Crippen molar-refractivity contribution in [1.82, 2.24) is 4.90 Å². The molecule has 0 spiro atoms. The third kappa shape index (κ3) is 5.21. The Morgan fingerprint density at radius 1 is 1.20 bits per heavy atom. The fourth-order valence-corrected chi connectivity index (χ4v) is 2.72. The van der Waals surface area contributed by atoms with E-state index in [2.05, 4.69) is 19.2 Å². The average Bonchev–Trinajstić information content (AvgIpc) is 3.05.